The first-order chi connectivity index (χ1) is 15.1. The number of aryl methyl sites for hydroxylation is 2. The summed E-state index contributed by atoms with van der Waals surface area (Å²) in [5.74, 6) is 1.52. The van der Waals surface area contributed by atoms with Crippen molar-refractivity contribution in [1.82, 2.24) is 9.97 Å². The van der Waals surface area contributed by atoms with Gasteiger partial charge in [0.25, 0.3) is 5.91 Å². The van der Waals surface area contributed by atoms with Crippen LogP contribution < -0.4 is 15.4 Å². The summed E-state index contributed by atoms with van der Waals surface area (Å²) in [5, 5.41) is 6.10. The predicted molar refractivity (Wildman–Crippen MR) is 122 cm³/mol. The number of hydrogen-bond acceptors (Lipinski definition) is 5. The van der Waals surface area contributed by atoms with E-state index in [0.29, 0.717) is 28.7 Å². The van der Waals surface area contributed by atoms with Crippen molar-refractivity contribution in [2.75, 3.05) is 10.6 Å². The average Bonchev–Trinajstić information content (AvgIpc) is 2.75. The van der Waals surface area contributed by atoms with Gasteiger partial charge < -0.3 is 15.4 Å². The first-order valence-corrected chi connectivity index (χ1v) is 9.89. The van der Waals surface area contributed by atoms with Gasteiger partial charge in [-0.3, -0.25) is 4.79 Å². The average molecular weight is 410 g/mol. The molecule has 4 rings (SSSR count). The second-order valence-corrected chi connectivity index (χ2v) is 7.05. The topological polar surface area (TPSA) is 76.1 Å². The highest BCUT2D eigenvalue weighted by Crippen LogP contribution is 2.29. The normalized spacial score (nSPS) is 10.4. The van der Waals surface area contributed by atoms with E-state index < -0.39 is 0 Å². The van der Waals surface area contributed by atoms with Gasteiger partial charge in [0.15, 0.2) is 5.75 Å². The van der Waals surface area contributed by atoms with Gasteiger partial charge in [-0.2, -0.15) is 0 Å². The first kappa shape index (κ1) is 20.1. The maximum absolute atomic E-state index is 12.9. The summed E-state index contributed by atoms with van der Waals surface area (Å²) in [5.41, 5.74) is 3.57. The zero-order chi connectivity index (χ0) is 21.6. The smallest absolute Gasteiger partial charge is 0.255 e. The SMILES string of the molecule is Cc1cc(C)nc(Nc2cccc(C(=O)Nc3ccccc3Oc3ccccc3)c2)n1. The van der Waals surface area contributed by atoms with E-state index in [-0.39, 0.29) is 5.91 Å². The van der Waals surface area contributed by atoms with Crippen LogP contribution in [0.15, 0.2) is 84.9 Å². The Morgan fingerprint density at radius 2 is 1.52 bits per heavy atom. The third-order valence-corrected chi connectivity index (χ3v) is 4.47. The highest BCUT2D eigenvalue weighted by atomic mass is 16.5. The van der Waals surface area contributed by atoms with E-state index in [1.165, 1.54) is 0 Å². The van der Waals surface area contributed by atoms with Gasteiger partial charge in [0.05, 0.1) is 5.69 Å². The van der Waals surface area contributed by atoms with Crippen molar-refractivity contribution in [3.63, 3.8) is 0 Å². The molecule has 1 heterocycles. The van der Waals surface area contributed by atoms with E-state index in [4.69, 9.17) is 4.74 Å². The van der Waals surface area contributed by atoms with E-state index in [0.717, 1.165) is 17.1 Å². The van der Waals surface area contributed by atoms with Crippen LogP contribution in [0.2, 0.25) is 0 Å². The highest BCUT2D eigenvalue weighted by molar-refractivity contribution is 6.05. The monoisotopic (exact) mass is 410 g/mol. The molecule has 0 saturated carbocycles. The molecule has 0 saturated heterocycles. The molecule has 1 aromatic heterocycles. The lowest BCUT2D eigenvalue weighted by molar-refractivity contribution is 0.102. The molecule has 0 aliphatic carbocycles. The fraction of sp³-hybridized carbons (Fsp3) is 0.0800. The van der Waals surface area contributed by atoms with Crippen molar-refractivity contribution in [3.05, 3.63) is 102 Å². The summed E-state index contributed by atoms with van der Waals surface area (Å²) in [6.45, 7) is 3.83. The van der Waals surface area contributed by atoms with E-state index >= 15 is 0 Å². The zero-order valence-electron chi connectivity index (χ0n) is 17.3. The highest BCUT2D eigenvalue weighted by Gasteiger charge is 2.11. The third-order valence-electron chi connectivity index (χ3n) is 4.47. The van der Waals surface area contributed by atoms with Gasteiger partial charge in [-0.25, -0.2) is 9.97 Å². The maximum Gasteiger partial charge on any atom is 0.255 e. The van der Waals surface area contributed by atoms with Gasteiger partial charge in [0, 0.05) is 22.6 Å². The van der Waals surface area contributed by atoms with Crippen molar-refractivity contribution in [3.8, 4) is 11.5 Å². The number of hydrogen-bond donors (Lipinski definition) is 2. The Morgan fingerprint density at radius 3 is 2.29 bits per heavy atom. The van der Waals surface area contributed by atoms with Gasteiger partial charge in [-0.1, -0.05) is 36.4 Å². The number of amides is 1. The molecule has 0 atom stereocenters. The van der Waals surface area contributed by atoms with E-state index in [2.05, 4.69) is 20.6 Å². The third kappa shape index (κ3) is 5.25. The maximum atomic E-state index is 12.9. The van der Waals surface area contributed by atoms with Crippen molar-refractivity contribution < 1.29 is 9.53 Å². The molecule has 0 spiro atoms. The molecule has 0 unspecified atom stereocenters. The van der Waals surface area contributed by atoms with Crippen LogP contribution in [0.3, 0.4) is 0 Å². The molecular weight excluding hydrogens is 388 g/mol. The van der Waals surface area contributed by atoms with Gasteiger partial charge >= 0.3 is 0 Å². The molecule has 154 valence electrons. The molecule has 4 aromatic rings. The second-order valence-electron chi connectivity index (χ2n) is 7.05. The molecule has 0 bridgehead atoms. The molecular formula is C25H22N4O2. The van der Waals surface area contributed by atoms with Crippen LogP contribution in [0, 0.1) is 13.8 Å². The Labute approximate surface area is 181 Å². The number of rotatable bonds is 6. The number of nitrogens with one attached hydrogen (secondary N) is 2. The Morgan fingerprint density at radius 1 is 0.806 bits per heavy atom. The van der Waals surface area contributed by atoms with Crippen LogP contribution in [0.5, 0.6) is 11.5 Å². The molecule has 3 aromatic carbocycles. The van der Waals surface area contributed by atoms with Crippen LogP contribution in [0.4, 0.5) is 17.3 Å². The number of para-hydroxylation sites is 3. The molecule has 2 N–H and O–H groups in total. The van der Waals surface area contributed by atoms with Crippen LogP contribution >= 0.6 is 0 Å². The number of anilines is 3. The van der Waals surface area contributed by atoms with Gasteiger partial charge in [0.1, 0.15) is 5.75 Å². The van der Waals surface area contributed by atoms with E-state index in [1.54, 1.807) is 12.1 Å². The Kier molecular flexibility index (Phi) is 5.89. The quantitative estimate of drug-likeness (QED) is 0.415. The number of aromatic nitrogens is 2. The Balaban J connectivity index is 1.51. The summed E-state index contributed by atoms with van der Waals surface area (Å²) in [6, 6.07) is 25.9. The largest absolute Gasteiger partial charge is 0.455 e. The summed E-state index contributed by atoms with van der Waals surface area (Å²) in [4.78, 5) is 21.7. The summed E-state index contributed by atoms with van der Waals surface area (Å²) in [7, 11) is 0. The van der Waals surface area contributed by atoms with Crippen LogP contribution in [0.25, 0.3) is 0 Å². The van der Waals surface area contributed by atoms with Crippen LogP contribution in [-0.2, 0) is 0 Å². The second kappa shape index (κ2) is 9.09. The van der Waals surface area contributed by atoms with Gasteiger partial charge in [0.2, 0.25) is 5.95 Å². The molecule has 1 amide bonds. The van der Waals surface area contributed by atoms with Crippen molar-refractivity contribution in [1.29, 1.82) is 0 Å². The summed E-state index contributed by atoms with van der Waals surface area (Å²) in [6.07, 6.45) is 0. The minimum absolute atomic E-state index is 0.242. The fourth-order valence-electron chi connectivity index (χ4n) is 3.12. The standard InChI is InChI=1S/C25H22N4O2/c1-17-15-18(2)27-25(26-17)28-20-10-8-9-19(16-20)24(30)29-22-13-6-7-14-23(22)31-21-11-4-3-5-12-21/h3-16H,1-2H3,(H,29,30)(H,26,27,28). The molecule has 0 aliphatic rings. The summed E-state index contributed by atoms with van der Waals surface area (Å²) >= 11 is 0. The number of ether oxygens (including phenoxy) is 1. The number of carbonyl (C=O) groups excluding carboxylic acids is 1. The Hall–Kier alpha value is -4.19. The van der Waals surface area contributed by atoms with Crippen molar-refractivity contribution in [2.24, 2.45) is 0 Å². The zero-order valence-corrected chi connectivity index (χ0v) is 17.3. The number of nitrogens with zero attached hydrogens (tertiary/aromatic N) is 2. The lowest BCUT2D eigenvalue weighted by Crippen LogP contribution is -2.13. The number of carbonyl (C=O) groups is 1. The number of benzene rings is 3. The van der Waals surface area contributed by atoms with Crippen LogP contribution in [-0.4, -0.2) is 15.9 Å². The first-order valence-electron chi connectivity index (χ1n) is 9.89. The molecule has 6 nitrogen and oxygen atoms in total. The molecule has 6 heteroatoms. The molecule has 0 radical (unpaired) electrons. The fourth-order valence-corrected chi connectivity index (χ4v) is 3.12. The van der Waals surface area contributed by atoms with Gasteiger partial charge in [-0.15, -0.1) is 0 Å². The molecule has 31 heavy (non-hydrogen) atoms. The molecule has 0 fully saturated rings. The van der Waals surface area contributed by atoms with E-state index in [1.807, 2.05) is 86.6 Å². The van der Waals surface area contributed by atoms with Crippen molar-refractivity contribution in [2.45, 2.75) is 13.8 Å². The summed E-state index contributed by atoms with van der Waals surface area (Å²) < 4.78 is 5.93. The van der Waals surface area contributed by atoms with Crippen molar-refractivity contribution >= 4 is 23.2 Å². The van der Waals surface area contributed by atoms with Gasteiger partial charge in [-0.05, 0) is 62.4 Å². The predicted octanol–water partition coefficient (Wildman–Crippen LogP) is 5.88. The lowest BCUT2D eigenvalue weighted by atomic mass is 10.1. The van der Waals surface area contributed by atoms with E-state index in [9.17, 15) is 4.79 Å². The minimum Gasteiger partial charge on any atom is -0.455 e. The lowest BCUT2D eigenvalue weighted by Gasteiger charge is -2.13. The Bertz CT molecular complexity index is 1190. The van der Waals surface area contributed by atoms with Crippen LogP contribution in [0.1, 0.15) is 21.7 Å². The molecule has 0 aliphatic heterocycles. The minimum atomic E-state index is -0.242.